The molecule has 78 valence electrons. The van der Waals surface area contributed by atoms with E-state index in [1.165, 1.54) is 5.56 Å². The number of aromatic nitrogens is 3. The SMILES string of the molecule is Cc1ccccc1-c1cn2ncccc2n1. The van der Waals surface area contributed by atoms with Gasteiger partial charge in [0.1, 0.15) is 0 Å². The van der Waals surface area contributed by atoms with Crippen LogP contribution in [0, 0.1) is 6.92 Å². The van der Waals surface area contributed by atoms with Crippen LogP contribution in [-0.4, -0.2) is 14.6 Å². The quantitative estimate of drug-likeness (QED) is 0.616. The summed E-state index contributed by atoms with van der Waals surface area (Å²) in [5.74, 6) is 0. The first-order chi connectivity index (χ1) is 7.84. The minimum Gasteiger partial charge on any atom is -0.227 e. The van der Waals surface area contributed by atoms with Gasteiger partial charge in [-0.2, -0.15) is 5.10 Å². The normalized spacial score (nSPS) is 10.8. The van der Waals surface area contributed by atoms with E-state index < -0.39 is 0 Å². The van der Waals surface area contributed by atoms with Crippen LogP contribution in [0.25, 0.3) is 16.9 Å². The Balaban J connectivity index is 2.23. The molecular formula is C13H11N3. The molecule has 0 aliphatic carbocycles. The molecule has 0 saturated heterocycles. The van der Waals surface area contributed by atoms with Gasteiger partial charge in [0.05, 0.1) is 11.9 Å². The lowest BCUT2D eigenvalue weighted by molar-refractivity contribution is 0.936. The van der Waals surface area contributed by atoms with Gasteiger partial charge >= 0.3 is 0 Å². The zero-order valence-corrected chi connectivity index (χ0v) is 8.96. The Hall–Kier alpha value is -2.16. The standard InChI is InChI=1S/C13H11N3/c1-10-5-2-3-6-11(10)12-9-16-13(15-12)7-4-8-14-16/h2-9H,1H3. The molecule has 0 fully saturated rings. The lowest BCUT2D eigenvalue weighted by Gasteiger charge is -1.99. The van der Waals surface area contributed by atoms with Crippen molar-refractivity contribution < 1.29 is 0 Å². The maximum absolute atomic E-state index is 4.54. The van der Waals surface area contributed by atoms with E-state index in [9.17, 15) is 0 Å². The molecule has 16 heavy (non-hydrogen) atoms. The number of hydrogen-bond acceptors (Lipinski definition) is 2. The molecule has 0 aliphatic rings. The van der Waals surface area contributed by atoms with Crippen LogP contribution in [0.1, 0.15) is 5.56 Å². The van der Waals surface area contributed by atoms with Crippen LogP contribution in [0.2, 0.25) is 0 Å². The largest absolute Gasteiger partial charge is 0.227 e. The van der Waals surface area contributed by atoms with Crippen LogP contribution >= 0.6 is 0 Å². The van der Waals surface area contributed by atoms with Crippen molar-refractivity contribution in [2.45, 2.75) is 6.92 Å². The van der Waals surface area contributed by atoms with E-state index in [0.717, 1.165) is 16.9 Å². The van der Waals surface area contributed by atoms with Gasteiger partial charge in [0, 0.05) is 11.8 Å². The van der Waals surface area contributed by atoms with Crippen LogP contribution in [0.15, 0.2) is 48.8 Å². The molecule has 0 amide bonds. The molecular weight excluding hydrogens is 198 g/mol. The molecule has 0 radical (unpaired) electrons. The van der Waals surface area contributed by atoms with Gasteiger partial charge in [0.15, 0.2) is 5.65 Å². The number of rotatable bonds is 1. The fourth-order valence-corrected chi connectivity index (χ4v) is 1.82. The van der Waals surface area contributed by atoms with Crippen molar-refractivity contribution in [3.05, 3.63) is 54.4 Å². The van der Waals surface area contributed by atoms with Crippen molar-refractivity contribution in [2.24, 2.45) is 0 Å². The first kappa shape index (κ1) is 9.09. The van der Waals surface area contributed by atoms with E-state index in [0.29, 0.717) is 0 Å². The van der Waals surface area contributed by atoms with E-state index >= 15 is 0 Å². The van der Waals surface area contributed by atoms with Crippen molar-refractivity contribution in [2.75, 3.05) is 0 Å². The van der Waals surface area contributed by atoms with Gasteiger partial charge in [-0.3, -0.25) is 0 Å². The summed E-state index contributed by atoms with van der Waals surface area (Å²) in [7, 11) is 0. The van der Waals surface area contributed by atoms with E-state index in [2.05, 4.69) is 29.1 Å². The Morgan fingerprint density at radius 3 is 2.75 bits per heavy atom. The number of aryl methyl sites for hydroxylation is 1. The van der Waals surface area contributed by atoms with Crippen molar-refractivity contribution in [3.63, 3.8) is 0 Å². The third-order valence-corrected chi connectivity index (χ3v) is 2.66. The minimum absolute atomic E-state index is 0.876. The summed E-state index contributed by atoms with van der Waals surface area (Å²) in [6.45, 7) is 2.09. The van der Waals surface area contributed by atoms with Gasteiger partial charge in [-0.25, -0.2) is 9.50 Å². The molecule has 2 heterocycles. The number of hydrogen-bond donors (Lipinski definition) is 0. The van der Waals surface area contributed by atoms with Crippen molar-refractivity contribution in [1.82, 2.24) is 14.6 Å². The summed E-state index contributed by atoms with van der Waals surface area (Å²) in [4.78, 5) is 4.54. The number of nitrogens with zero attached hydrogens (tertiary/aromatic N) is 3. The number of imidazole rings is 1. The molecule has 3 nitrogen and oxygen atoms in total. The highest BCUT2D eigenvalue weighted by Gasteiger charge is 2.05. The molecule has 0 aliphatic heterocycles. The molecule has 0 atom stereocenters. The van der Waals surface area contributed by atoms with Crippen LogP contribution < -0.4 is 0 Å². The molecule has 2 aromatic heterocycles. The summed E-state index contributed by atoms with van der Waals surface area (Å²) in [5, 5.41) is 4.21. The van der Waals surface area contributed by atoms with Gasteiger partial charge in [0.25, 0.3) is 0 Å². The second kappa shape index (κ2) is 3.45. The van der Waals surface area contributed by atoms with Crippen LogP contribution in [0.5, 0.6) is 0 Å². The molecule has 0 N–H and O–H groups in total. The maximum atomic E-state index is 4.54. The van der Waals surface area contributed by atoms with Gasteiger partial charge in [0.2, 0.25) is 0 Å². The van der Waals surface area contributed by atoms with Gasteiger partial charge in [-0.1, -0.05) is 24.3 Å². The number of benzene rings is 1. The van der Waals surface area contributed by atoms with E-state index in [1.54, 1.807) is 10.7 Å². The minimum atomic E-state index is 0.876. The molecule has 0 saturated carbocycles. The topological polar surface area (TPSA) is 30.2 Å². The van der Waals surface area contributed by atoms with Gasteiger partial charge in [-0.05, 0) is 24.6 Å². The predicted octanol–water partition coefficient (Wildman–Crippen LogP) is 2.70. The van der Waals surface area contributed by atoms with Crippen LogP contribution in [0.3, 0.4) is 0 Å². The van der Waals surface area contributed by atoms with Crippen LogP contribution in [-0.2, 0) is 0 Å². The molecule has 0 unspecified atom stereocenters. The van der Waals surface area contributed by atoms with E-state index in [1.807, 2.05) is 30.5 Å². The highest BCUT2D eigenvalue weighted by Crippen LogP contribution is 2.21. The average molecular weight is 209 g/mol. The predicted molar refractivity (Wildman–Crippen MR) is 63.2 cm³/mol. The Morgan fingerprint density at radius 2 is 1.94 bits per heavy atom. The van der Waals surface area contributed by atoms with Crippen LogP contribution in [0.4, 0.5) is 0 Å². The lowest BCUT2D eigenvalue weighted by Crippen LogP contribution is -1.85. The Labute approximate surface area is 93.4 Å². The molecule has 0 bridgehead atoms. The Kier molecular flexibility index (Phi) is 1.96. The molecule has 3 aromatic rings. The fraction of sp³-hybridized carbons (Fsp3) is 0.0769. The van der Waals surface area contributed by atoms with E-state index in [-0.39, 0.29) is 0 Å². The smallest absolute Gasteiger partial charge is 0.154 e. The molecule has 3 rings (SSSR count). The zero-order chi connectivity index (χ0) is 11.0. The first-order valence-corrected chi connectivity index (χ1v) is 5.21. The van der Waals surface area contributed by atoms with Crippen molar-refractivity contribution in [3.8, 4) is 11.3 Å². The van der Waals surface area contributed by atoms with Gasteiger partial charge < -0.3 is 0 Å². The summed E-state index contributed by atoms with van der Waals surface area (Å²) in [6, 6.07) is 12.1. The summed E-state index contributed by atoms with van der Waals surface area (Å²) >= 11 is 0. The van der Waals surface area contributed by atoms with E-state index in [4.69, 9.17) is 0 Å². The fourth-order valence-electron chi connectivity index (χ4n) is 1.82. The van der Waals surface area contributed by atoms with Crippen molar-refractivity contribution >= 4 is 5.65 Å². The Bertz CT molecular complexity index is 607. The highest BCUT2D eigenvalue weighted by molar-refractivity contribution is 5.65. The average Bonchev–Trinajstić information content (AvgIpc) is 2.73. The monoisotopic (exact) mass is 209 g/mol. The third kappa shape index (κ3) is 1.37. The second-order valence-electron chi connectivity index (χ2n) is 3.77. The summed E-state index contributed by atoms with van der Waals surface area (Å²) in [5.41, 5.74) is 4.23. The maximum Gasteiger partial charge on any atom is 0.154 e. The molecule has 1 aromatic carbocycles. The lowest BCUT2D eigenvalue weighted by atomic mass is 10.1. The molecule has 3 heteroatoms. The third-order valence-electron chi connectivity index (χ3n) is 2.66. The second-order valence-corrected chi connectivity index (χ2v) is 3.77. The summed E-state index contributed by atoms with van der Waals surface area (Å²) in [6.07, 6.45) is 3.72. The first-order valence-electron chi connectivity index (χ1n) is 5.21. The Morgan fingerprint density at radius 1 is 1.06 bits per heavy atom. The highest BCUT2D eigenvalue weighted by atomic mass is 15.2. The van der Waals surface area contributed by atoms with Gasteiger partial charge in [-0.15, -0.1) is 0 Å². The van der Waals surface area contributed by atoms with Crippen molar-refractivity contribution in [1.29, 1.82) is 0 Å². The number of fused-ring (bicyclic) bond motifs is 1. The summed E-state index contributed by atoms with van der Waals surface area (Å²) < 4.78 is 1.79. The zero-order valence-electron chi connectivity index (χ0n) is 8.96. The molecule has 0 spiro atoms.